The molecule has 1 aromatic heterocycles. The molecule has 1 atom stereocenters. The molecule has 3 N–H and O–H groups in total. The van der Waals surface area contributed by atoms with Crippen LogP contribution in [0.15, 0.2) is 18.2 Å². The van der Waals surface area contributed by atoms with E-state index in [1.807, 2.05) is 18.7 Å². The number of thiazole rings is 1. The van der Waals surface area contributed by atoms with E-state index in [1.165, 1.54) is 17.4 Å². The summed E-state index contributed by atoms with van der Waals surface area (Å²) in [6, 6.07) is 3.46. The number of rotatable bonds is 6. The van der Waals surface area contributed by atoms with E-state index >= 15 is 0 Å². The van der Waals surface area contributed by atoms with Crippen molar-refractivity contribution in [1.29, 1.82) is 0 Å². The van der Waals surface area contributed by atoms with Gasteiger partial charge in [0.2, 0.25) is 11.8 Å². The lowest BCUT2D eigenvalue weighted by Gasteiger charge is -2.31. The van der Waals surface area contributed by atoms with E-state index in [2.05, 4.69) is 15.6 Å². The van der Waals surface area contributed by atoms with E-state index in [9.17, 15) is 24.8 Å². The van der Waals surface area contributed by atoms with Crippen LogP contribution in [-0.2, 0) is 9.59 Å². The molecule has 3 rings (SSSR count). The van der Waals surface area contributed by atoms with Crippen LogP contribution in [0.5, 0.6) is 5.75 Å². The summed E-state index contributed by atoms with van der Waals surface area (Å²) in [6.45, 7) is 5.04. The number of phenols is 1. The molecule has 0 spiro atoms. The molecule has 1 unspecified atom stereocenters. The van der Waals surface area contributed by atoms with Gasteiger partial charge in [0.05, 0.1) is 28.8 Å². The van der Waals surface area contributed by atoms with Crippen LogP contribution in [0.2, 0.25) is 0 Å². The second-order valence-corrected chi connectivity index (χ2v) is 8.43. The Morgan fingerprint density at radius 3 is 2.80 bits per heavy atom. The predicted molar refractivity (Wildman–Crippen MR) is 113 cm³/mol. The monoisotopic (exact) mass is 433 g/mol. The van der Waals surface area contributed by atoms with Crippen molar-refractivity contribution in [2.75, 3.05) is 30.3 Å². The number of anilines is 2. The molecule has 160 valence electrons. The molecule has 2 heterocycles. The zero-order chi connectivity index (χ0) is 21.8. The summed E-state index contributed by atoms with van der Waals surface area (Å²) in [5.41, 5.74) is 0.658. The van der Waals surface area contributed by atoms with Gasteiger partial charge in [-0.05, 0) is 39.3 Å². The predicted octanol–water partition coefficient (Wildman–Crippen LogP) is 2.66. The number of aryl methyl sites for hydroxylation is 2. The van der Waals surface area contributed by atoms with Crippen molar-refractivity contribution in [2.24, 2.45) is 5.92 Å². The third-order valence-corrected chi connectivity index (χ3v) is 5.96. The zero-order valence-corrected chi connectivity index (χ0v) is 17.5. The van der Waals surface area contributed by atoms with Gasteiger partial charge in [-0.25, -0.2) is 4.98 Å². The van der Waals surface area contributed by atoms with Crippen LogP contribution in [0.4, 0.5) is 16.5 Å². The number of non-ortho nitro benzene ring substituents is 1. The van der Waals surface area contributed by atoms with Crippen molar-refractivity contribution in [2.45, 2.75) is 26.7 Å². The van der Waals surface area contributed by atoms with Crippen LogP contribution in [0.3, 0.4) is 0 Å². The van der Waals surface area contributed by atoms with Crippen molar-refractivity contribution < 1.29 is 19.6 Å². The largest absolute Gasteiger partial charge is 0.506 e. The van der Waals surface area contributed by atoms with Gasteiger partial charge >= 0.3 is 0 Å². The minimum atomic E-state index is -0.596. The highest BCUT2D eigenvalue weighted by Crippen LogP contribution is 2.29. The smallest absolute Gasteiger partial charge is 0.271 e. The van der Waals surface area contributed by atoms with Gasteiger partial charge in [0.15, 0.2) is 5.13 Å². The van der Waals surface area contributed by atoms with E-state index in [0.29, 0.717) is 24.6 Å². The minimum Gasteiger partial charge on any atom is -0.506 e. The first-order valence-electron chi connectivity index (χ1n) is 9.47. The van der Waals surface area contributed by atoms with Crippen LogP contribution < -0.4 is 10.6 Å². The number of phenolic OH excluding ortho intramolecular Hbond substituents is 1. The Balaban J connectivity index is 1.57. The first kappa shape index (κ1) is 21.7. The van der Waals surface area contributed by atoms with Gasteiger partial charge in [-0.1, -0.05) is 0 Å². The Hall–Kier alpha value is -3.05. The second-order valence-electron chi connectivity index (χ2n) is 7.23. The van der Waals surface area contributed by atoms with Crippen molar-refractivity contribution in [3.63, 3.8) is 0 Å². The molecule has 1 fully saturated rings. The lowest BCUT2D eigenvalue weighted by atomic mass is 9.97. The first-order valence-corrected chi connectivity index (χ1v) is 10.3. The lowest BCUT2D eigenvalue weighted by Crippen LogP contribution is -2.44. The quantitative estimate of drug-likeness (QED) is 0.362. The van der Waals surface area contributed by atoms with Gasteiger partial charge in [-0.15, -0.1) is 11.3 Å². The highest BCUT2D eigenvalue weighted by atomic mass is 32.1. The Labute approximate surface area is 177 Å². The minimum absolute atomic E-state index is 0.00132. The summed E-state index contributed by atoms with van der Waals surface area (Å²) in [4.78, 5) is 42.5. The van der Waals surface area contributed by atoms with Crippen molar-refractivity contribution >= 4 is 39.7 Å². The summed E-state index contributed by atoms with van der Waals surface area (Å²) < 4.78 is 0. The lowest BCUT2D eigenvalue weighted by molar-refractivity contribution is -0.384. The number of carbonyl (C=O) groups is 2. The summed E-state index contributed by atoms with van der Waals surface area (Å²) >= 11 is 1.42. The van der Waals surface area contributed by atoms with Gasteiger partial charge < -0.3 is 15.7 Å². The fourth-order valence-corrected chi connectivity index (χ4v) is 4.10. The van der Waals surface area contributed by atoms with Crippen molar-refractivity contribution in [3.05, 3.63) is 38.9 Å². The molecule has 2 amide bonds. The third kappa shape index (κ3) is 5.30. The molecule has 1 saturated heterocycles. The van der Waals surface area contributed by atoms with E-state index in [1.54, 1.807) is 0 Å². The number of nitro groups is 1. The molecule has 2 aromatic rings. The van der Waals surface area contributed by atoms with E-state index < -0.39 is 10.8 Å². The van der Waals surface area contributed by atoms with Crippen LogP contribution in [0.25, 0.3) is 0 Å². The fourth-order valence-electron chi connectivity index (χ4n) is 3.27. The number of nitrogens with zero attached hydrogens (tertiary/aromatic N) is 3. The molecule has 1 aromatic carbocycles. The molecule has 1 aliphatic rings. The normalized spacial score (nSPS) is 16.8. The topological polar surface area (TPSA) is 138 Å². The average molecular weight is 433 g/mol. The van der Waals surface area contributed by atoms with Crippen molar-refractivity contribution in [3.8, 4) is 5.75 Å². The van der Waals surface area contributed by atoms with Crippen molar-refractivity contribution in [1.82, 2.24) is 9.88 Å². The molecular formula is C19H23N5O5S. The molecule has 0 radical (unpaired) electrons. The van der Waals surface area contributed by atoms with Crippen LogP contribution in [0, 0.1) is 29.9 Å². The number of aromatic nitrogens is 1. The van der Waals surface area contributed by atoms with Crippen LogP contribution in [0.1, 0.15) is 23.4 Å². The highest BCUT2D eigenvalue weighted by Gasteiger charge is 2.28. The summed E-state index contributed by atoms with van der Waals surface area (Å²) in [5, 5.41) is 26.7. The van der Waals surface area contributed by atoms with Gasteiger partial charge in [0.1, 0.15) is 5.75 Å². The number of nitrogens with one attached hydrogen (secondary N) is 2. The first-order chi connectivity index (χ1) is 14.2. The standard InChI is InChI=1S/C19H23N5O5S/c1-11-12(2)30-19(20-11)22-17(26)10-23-7-3-4-13(9-23)18(27)21-15-8-14(24(28)29)5-6-16(15)25/h5-6,8,13,25H,3-4,7,9-10H2,1-2H3,(H,21,27)(H,20,22,26). The number of likely N-dealkylation sites (tertiary alicyclic amines) is 1. The third-order valence-electron chi connectivity index (χ3n) is 4.97. The molecule has 0 aliphatic carbocycles. The molecule has 0 saturated carbocycles. The molecule has 10 nitrogen and oxygen atoms in total. The average Bonchev–Trinajstić information content (AvgIpc) is 3.00. The van der Waals surface area contributed by atoms with Crippen LogP contribution >= 0.6 is 11.3 Å². The number of carbonyl (C=O) groups excluding carboxylic acids is 2. The number of nitro benzene ring substituents is 1. The van der Waals surface area contributed by atoms with E-state index in [4.69, 9.17) is 0 Å². The number of benzene rings is 1. The molecule has 30 heavy (non-hydrogen) atoms. The number of amides is 2. The summed E-state index contributed by atoms with van der Waals surface area (Å²) in [7, 11) is 0. The van der Waals surface area contributed by atoms with E-state index in [0.717, 1.165) is 29.1 Å². The molecule has 1 aliphatic heterocycles. The number of hydrogen-bond acceptors (Lipinski definition) is 8. The number of piperidine rings is 1. The maximum atomic E-state index is 12.6. The van der Waals surface area contributed by atoms with Crippen LogP contribution in [-0.4, -0.2) is 51.4 Å². The summed E-state index contributed by atoms with van der Waals surface area (Å²) in [6.07, 6.45) is 1.37. The van der Waals surface area contributed by atoms with Gasteiger partial charge in [-0.3, -0.25) is 24.6 Å². The fraction of sp³-hybridized carbons (Fsp3) is 0.421. The zero-order valence-electron chi connectivity index (χ0n) is 16.7. The Bertz CT molecular complexity index is 957. The SMILES string of the molecule is Cc1nc(NC(=O)CN2CCCC(C(=O)Nc3cc([N+](=O)[O-])ccc3O)C2)sc1C. The van der Waals surface area contributed by atoms with Gasteiger partial charge in [0, 0.05) is 23.6 Å². The van der Waals surface area contributed by atoms with E-state index in [-0.39, 0.29) is 35.5 Å². The highest BCUT2D eigenvalue weighted by molar-refractivity contribution is 7.15. The summed E-state index contributed by atoms with van der Waals surface area (Å²) in [5.74, 6) is -1.17. The Morgan fingerprint density at radius 2 is 2.13 bits per heavy atom. The van der Waals surface area contributed by atoms with Gasteiger partial charge in [-0.2, -0.15) is 0 Å². The van der Waals surface area contributed by atoms with Gasteiger partial charge in [0.25, 0.3) is 5.69 Å². The number of aromatic hydroxyl groups is 1. The Kier molecular flexibility index (Phi) is 6.63. The molecule has 0 bridgehead atoms. The Morgan fingerprint density at radius 1 is 1.37 bits per heavy atom. The maximum absolute atomic E-state index is 12.6. The molecule has 11 heteroatoms. The maximum Gasteiger partial charge on any atom is 0.271 e. The second kappa shape index (κ2) is 9.18. The number of hydrogen-bond donors (Lipinski definition) is 3. The molecular weight excluding hydrogens is 410 g/mol.